The van der Waals surface area contributed by atoms with Crippen molar-refractivity contribution in [3.05, 3.63) is 82.7 Å². The number of carbonyl (C=O) groups is 1. The normalized spacial score (nSPS) is 10.8. The Labute approximate surface area is 148 Å². The van der Waals surface area contributed by atoms with Gasteiger partial charge >= 0.3 is 0 Å². The summed E-state index contributed by atoms with van der Waals surface area (Å²) in [5.41, 5.74) is 2.98. The van der Waals surface area contributed by atoms with Gasteiger partial charge in [-0.05, 0) is 24.6 Å². The number of rotatable bonds is 3. The van der Waals surface area contributed by atoms with E-state index in [1.54, 1.807) is 4.40 Å². The average Bonchev–Trinajstić information content (AvgIpc) is 3.00. The molecule has 7 nitrogen and oxygen atoms in total. The average molecular weight is 345 g/mol. The molecule has 0 aliphatic carbocycles. The van der Waals surface area contributed by atoms with Crippen LogP contribution in [0.1, 0.15) is 16.1 Å². The number of amides is 1. The first-order chi connectivity index (χ1) is 12.6. The highest BCUT2D eigenvalue weighted by atomic mass is 16.2. The van der Waals surface area contributed by atoms with Crippen LogP contribution in [0.3, 0.4) is 0 Å². The highest BCUT2D eigenvalue weighted by molar-refractivity contribution is 6.04. The zero-order valence-electron chi connectivity index (χ0n) is 13.9. The van der Waals surface area contributed by atoms with Crippen LogP contribution in [0.25, 0.3) is 16.9 Å². The van der Waals surface area contributed by atoms with Gasteiger partial charge in [-0.25, -0.2) is 9.97 Å². The van der Waals surface area contributed by atoms with Gasteiger partial charge in [-0.3, -0.25) is 14.0 Å². The molecular formula is C19H15N5O2. The molecule has 0 saturated heterocycles. The summed E-state index contributed by atoms with van der Waals surface area (Å²) in [4.78, 5) is 35.0. The molecule has 2 N–H and O–H groups in total. The van der Waals surface area contributed by atoms with Gasteiger partial charge in [0, 0.05) is 17.8 Å². The maximum absolute atomic E-state index is 12.6. The molecule has 0 spiro atoms. The first-order valence-electron chi connectivity index (χ1n) is 8.02. The molecule has 4 aromatic rings. The van der Waals surface area contributed by atoms with Gasteiger partial charge in [-0.2, -0.15) is 0 Å². The molecule has 0 fully saturated rings. The summed E-state index contributed by atoms with van der Waals surface area (Å²) < 4.78 is 1.80. The van der Waals surface area contributed by atoms with E-state index in [0.717, 1.165) is 17.2 Å². The molecule has 0 unspecified atom stereocenters. The number of nitrogens with one attached hydrogen (secondary N) is 2. The zero-order chi connectivity index (χ0) is 18.1. The molecule has 1 amide bonds. The summed E-state index contributed by atoms with van der Waals surface area (Å²) in [5, 5.41) is 2.85. The quantitative estimate of drug-likeness (QED) is 0.597. The first kappa shape index (κ1) is 15.8. The van der Waals surface area contributed by atoms with Gasteiger partial charge in [0.15, 0.2) is 0 Å². The van der Waals surface area contributed by atoms with Crippen LogP contribution < -0.4 is 10.9 Å². The number of anilines is 1. The smallest absolute Gasteiger partial charge is 0.275 e. The number of nitrogens with zero attached hydrogens (tertiary/aromatic N) is 3. The summed E-state index contributed by atoms with van der Waals surface area (Å²) in [5.74, 6) is 0.0542. The van der Waals surface area contributed by atoms with E-state index in [0.29, 0.717) is 17.2 Å². The third-order valence-electron chi connectivity index (χ3n) is 4.07. The molecule has 0 saturated carbocycles. The highest BCUT2D eigenvalue weighted by Gasteiger charge is 2.18. The molecule has 4 rings (SSSR count). The van der Waals surface area contributed by atoms with Gasteiger partial charge in [0.1, 0.15) is 22.9 Å². The van der Waals surface area contributed by atoms with Crippen molar-refractivity contribution in [3.8, 4) is 11.3 Å². The summed E-state index contributed by atoms with van der Waals surface area (Å²) >= 11 is 0. The van der Waals surface area contributed by atoms with Crippen LogP contribution in [0, 0.1) is 6.92 Å². The lowest BCUT2D eigenvalue weighted by Crippen LogP contribution is -2.19. The van der Waals surface area contributed by atoms with E-state index in [4.69, 9.17) is 0 Å². The van der Waals surface area contributed by atoms with Crippen molar-refractivity contribution in [1.82, 2.24) is 19.4 Å². The Morgan fingerprint density at radius 1 is 1.15 bits per heavy atom. The Balaban J connectivity index is 1.86. The number of hydrogen-bond donors (Lipinski definition) is 2. The number of benzene rings is 1. The number of aromatic nitrogens is 4. The van der Waals surface area contributed by atoms with E-state index < -0.39 is 5.91 Å². The molecule has 0 aliphatic rings. The van der Waals surface area contributed by atoms with Crippen LogP contribution >= 0.6 is 0 Å². The number of pyridine rings is 1. The number of imidazole rings is 1. The predicted octanol–water partition coefficient (Wildman–Crippen LogP) is 2.65. The minimum atomic E-state index is -0.475. The van der Waals surface area contributed by atoms with Gasteiger partial charge in [-0.15, -0.1) is 0 Å². The Kier molecular flexibility index (Phi) is 3.81. The fraction of sp³-hybridized carbons (Fsp3) is 0.0526. The number of aromatic amines is 1. The predicted molar refractivity (Wildman–Crippen MR) is 98.2 cm³/mol. The number of fused-ring (bicyclic) bond motifs is 1. The molecule has 0 aliphatic heterocycles. The minimum absolute atomic E-state index is 0.0374. The standard InChI is InChI=1S/C19H15N5O2/c1-12-6-2-3-7-13(12)17-18(24-9-5-4-8-15(24)22-17)23-19(26)14-10-16(25)21-11-20-14/h2-11H,1H3,(H,23,26)(H,20,21,25). The second-order valence-electron chi connectivity index (χ2n) is 5.80. The van der Waals surface area contributed by atoms with E-state index in [1.165, 1.54) is 6.33 Å². The molecule has 7 heteroatoms. The molecule has 128 valence electrons. The van der Waals surface area contributed by atoms with Crippen molar-refractivity contribution < 1.29 is 4.79 Å². The largest absolute Gasteiger partial charge is 0.313 e. The molecule has 3 aromatic heterocycles. The van der Waals surface area contributed by atoms with Crippen molar-refractivity contribution in [3.63, 3.8) is 0 Å². The first-order valence-corrected chi connectivity index (χ1v) is 8.02. The number of aryl methyl sites for hydroxylation is 1. The van der Waals surface area contributed by atoms with Gasteiger partial charge in [-0.1, -0.05) is 30.3 Å². The number of H-pyrrole nitrogens is 1. The van der Waals surface area contributed by atoms with Crippen LogP contribution in [0.4, 0.5) is 5.82 Å². The zero-order valence-corrected chi connectivity index (χ0v) is 13.9. The Morgan fingerprint density at radius 2 is 1.96 bits per heavy atom. The van der Waals surface area contributed by atoms with E-state index >= 15 is 0 Å². The fourth-order valence-corrected chi connectivity index (χ4v) is 2.81. The molecule has 0 radical (unpaired) electrons. The van der Waals surface area contributed by atoms with E-state index in [9.17, 15) is 9.59 Å². The van der Waals surface area contributed by atoms with E-state index in [1.807, 2.05) is 55.6 Å². The Hall–Kier alpha value is -3.74. The van der Waals surface area contributed by atoms with Crippen LogP contribution in [0.5, 0.6) is 0 Å². The lowest BCUT2D eigenvalue weighted by Gasteiger charge is -2.08. The van der Waals surface area contributed by atoms with Gasteiger partial charge in [0.25, 0.3) is 11.5 Å². The third-order valence-corrected chi connectivity index (χ3v) is 4.07. The van der Waals surface area contributed by atoms with Gasteiger partial charge < -0.3 is 10.3 Å². The third kappa shape index (κ3) is 2.75. The molecule has 26 heavy (non-hydrogen) atoms. The van der Waals surface area contributed by atoms with Crippen molar-refractivity contribution in [2.45, 2.75) is 6.92 Å². The van der Waals surface area contributed by atoms with E-state index in [-0.39, 0.29) is 11.3 Å². The maximum Gasteiger partial charge on any atom is 0.275 e. The molecule has 0 atom stereocenters. The molecule has 1 aromatic carbocycles. The number of hydrogen-bond acceptors (Lipinski definition) is 4. The van der Waals surface area contributed by atoms with Crippen molar-refractivity contribution in [2.24, 2.45) is 0 Å². The monoisotopic (exact) mass is 345 g/mol. The maximum atomic E-state index is 12.6. The Morgan fingerprint density at radius 3 is 2.77 bits per heavy atom. The summed E-state index contributed by atoms with van der Waals surface area (Å²) in [6.45, 7) is 1.99. The van der Waals surface area contributed by atoms with E-state index in [2.05, 4.69) is 20.3 Å². The summed E-state index contributed by atoms with van der Waals surface area (Å²) in [6, 6.07) is 14.6. The van der Waals surface area contributed by atoms with Gasteiger partial charge in [0.05, 0.1) is 6.33 Å². The van der Waals surface area contributed by atoms with Crippen molar-refractivity contribution >= 4 is 17.4 Å². The summed E-state index contributed by atoms with van der Waals surface area (Å²) in [7, 11) is 0. The SMILES string of the molecule is Cc1ccccc1-c1nc2ccccn2c1NC(=O)c1cc(=O)[nH]cn1. The minimum Gasteiger partial charge on any atom is -0.313 e. The van der Waals surface area contributed by atoms with Crippen LogP contribution in [-0.2, 0) is 0 Å². The van der Waals surface area contributed by atoms with Crippen molar-refractivity contribution in [2.75, 3.05) is 5.32 Å². The second-order valence-corrected chi connectivity index (χ2v) is 5.80. The second kappa shape index (κ2) is 6.29. The topological polar surface area (TPSA) is 92.1 Å². The highest BCUT2D eigenvalue weighted by Crippen LogP contribution is 2.31. The Bertz CT molecular complexity index is 1180. The molecule has 3 heterocycles. The molecule has 0 bridgehead atoms. The fourth-order valence-electron chi connectivity index (χ4n) is 2.81. The van der Waals surface area contributed by atoms with Crippen LogP contribution in [-0.4, -0.2) is 25.3 Å². The van der Waals surface area contributed by atoms with Crippen molar-refractivity contribution in [1.29, 1.82) is 0 Å². The van der Waals surface area contributed by atoms with Crippen LogP contribution in [0.2, 0.25) is 0 Å². The lowest BCUT2D eigenvalue weighted by atomic mass is 10.1. The number of carbonyl (C=O) groups excluding carboxylic acids is 1. The molecular weight excluding hydrogens is 330 g/mol. The summed E-state index contributed by atoms with van der Waals surface area (Å²) in [6.07, 6.45) is 3.03. The van der Waals surface area contributed by atoms with Gasteiger partial charge in [0.2, 0.25) is 0 Å². The lowest BCUT2D eigenvalue weighted by molar-refractivity contribution is 0.102. The van der Waals surface area contributed by atoms with Crippen LogP contribution in [0.15, 0.2) is 65.8 Å².